The van der Waals surface area contributed by atoms with Crippen LogP contribution in [-0.2, 0) is 9.53 Å². The van der Waals surface area contributed by atoms with Crippen LogP contribution in [0.5, 0.6) is 0 Å². The number of aliphatic hydroxyl groups excluding tert-OH is 2. The lowest BCUT2D eigenvalue weighted by Gasteiger charge is -1.96. The van der Waals surface area contributed by atoms with Crippen molar-refractivity contribution in [3.63, 3.8) is 0 Å². The van der Waals surface area contributed by atoms with Crippen LogP contribution in [0.3, 0.4) is 0 Å². The predicted octanol–water partition coefficient (Wildman–Crippen LogP) is 2.76. The molecular formula is C14H32O4. The highest BCUT2D eigenvalue weighted by Crippen LogP contribution is 1.89. The molecule has 0 amide bonds. The van der Waals surface area contributed by atoms with Gasteiger partial charge in [-0.25, -0.2) is 0 Å². The fraction of sp³-hybridized carbons (Fsp3) is 0.929. The molecule has 0 aromatic rings. The highest BCUT2D eigenvalue weighted by Gasteiger charge is 1.95. The van der Waals surface area contributed by atoms with Crippen LogP contribution in [0.25, 0.3) is 0 Å². The van der Waals surface area contributed by atoms with Gasteiger partial charge in [0.25, 0.3) is 0 Å². The fourth-order valence-corrected chi connectivity index (χ4v) is 0.595. The van der Waals surface area contributed by atoms with Gasteiger partial charge in [-0.15, -0.1) is 0 Å². The summed E-state index contributed by atoms with van der Waals surface area (Å²) in [6, 6.07) is 0. The number of esters is 1. The molecule has 0 fully saturated rings. The van der Waals surface area contributed by atoms with Gasteiger partial charge in [0.05, 0.1) is 6.61 Å². The van der Waals surface area contributed by atoms with Crippen molar-refractivity contribution in [1.29, 1.82) is 0 Å². The van der Waals surface area contributed by atoms with Crippen molar-refractivity contribution in [2.24, 2.45) is 5.92 Å². The van der Waals surface area contributed by atoms with Crippen LogP contribution in [-0.4, -0.2) is 36.0 Å². The van der Waals surface area contributed by atoms with Gasteiger partial charge in [0, 0.05) is 19.6 Å². The number of aliphatic hydroxyl groups is 2. The van der Waals surface area contributed by atoms with Crippen LogP contribution in [0.1, 0.15) is 60.3 Å². The second kappa shape index (κ2) is 21.7. The molecule has 4 heteroatoms. The van der Waals surface area contributed by atoms with Crippen LogP contribution >= 0.6 is 0 Å². The molecule has 0 aliphatic carbocycles. The monoisotopic (exact) mass is 264 g/mol. The van der Waals surface area contributed by atoms with Crippen molar-refractivity contribution in [2.75, 3.05) is 19.8 Å². The van der Waals surface area contributed by atoms with Crippen LogP contribution in [0.15, 0.2) is 0 Å². The van der Waals surface area contributed by atoms with E-state index in [1.54, 1.807) is 0 Å². The van der Waals surface area contributed by atoms with Gasteiger partial charge in [-0.1, -0.05) is 34.1 Å². The highest BCUT2D eigenvalue weighted by molar-refractivity contribution is 5.69. The van der Waals surface area contributed by atoms with Crippen LogP contribution < -0.4 is 0 Å². The van der Waals surface area contributed by atoms with Gasteiger partial charge in [0.2, 0.25) is 0 Å². The summed E-state index contributed by atoms with van der Waals surface area (Å²) in [5.41, 5.74) is 0. The Morgan fingerprint density at radius 3 is 1.78 bits per heavy atom. The molecule has 0 aliphatic rings. The average molecular weight is 264 g/mol. The zero-order chi connectivity index (χ0) is 14.8. The number of carbonyl (C=O) groups excluding carboxylic acids is 1. The van der Waals surface area contributed by atoms with Crippen molar-refractivity contribution in [2.45, 2.75) is 60.3 Å². The SMILES string of the molecule is CC(C)CO.CCCC(=O)OCC.CCCCO. The molecule has 0 saturated carbocycles. The zero-order valence-electron chi connectivity index (χ0n) is 12.7. The molecule has 18 heavy (non-hydrogen) atoms. The van der Waals surface area contributed by atoms with Crippen LogP contribution in [0, 0.1) is 5.92 Å². The molecule has 0 bridgehead atoms. The Morgan fingerprint density at radius 1 is 1.11 bits per heavy atom. The standard InChI is InChI=1S/C6H12O2.2C4H10O/c1-3-5-6(7)8-4-2;1-4(2)3-5;1-2-3-4-5/h3-5H2,1-2H3;4-5H,3H2,1-2H3;5H,2-4H2,1H3. The minimum Gasteiger partial charge on any atom is -0.466 e. The molecule has 0 rings (SSSR count). The summed E-state index contributed by atoms with van der Waals surface area (Å²) < 4.78 is 4.64. The number of rotatable bonds is 6. The summed E-state index contributed by atoms with van der Waals surface area (Å²) in [5.74, 6) is 0.352. The molecule has 0 heterocycles. The van der Waals surface area contributed by atoms with Gasteiger partial charge >= 0.3 is 5.97 Å². The first-order chi connectivity index (χ1) is 8.49. The number of carbonyl (C=O) groups is 1. The second-order valence-corrected chi connectivity index (χ2v) is 4.21. The van der Waals surface area contributed by atoms with E-state index in [9.17, 15) is 4.79 Å². The molecule has 4 nitrogen and oxygen atoms in total. The Balaban J connectivity index is -0.000000197. The third-order valence-electron chi connectivity index (χ3n) is 1.64. The van der Waals surface area contributed by atoms with Crippen molar-refractivity contribution in [3.05, 3.63) is 0 Å². The van der Waals surface area contributed by atoms with Crippen molar-refractivity contribution in [3.8, 4) is 0 Å². The average Bonchev–Trinajstić information content (AvgIpc) is 2.32. The predicted molar refractivity (Wildman–Crippen MR) is 75.5 cm³/mol. The molecule has 0 saturated heterocycles. The molecule has 0 unspecified atom stereocenters. The van der Waals surface area contributed by atoms with Crippen molar-refractivity contribution in [1.82, 2.24) is 0 Å². The summed E-state index contributed by atoms with van der Waals surface area (Å²) in [7, 11) is 0. The van der Waals surface area contributed by atoms with Crippen LogP contribution in [0.2, 0.25) is 0 Å². The highest BCUT2D eigenvalue weighted by atomic mass is 16.5. The number of hydrogen-bond acceptors (Lipinski definition) is 4. The van der Waals surface area contributed by atoms with Gasteiger partial charge in [-0.3, -0.25) is 4.79 Å². The van der Waals surface area contributed by atoms with E-state index in [0.717, 1.165) is 19.3 Å². The molecule has 0 spiro atoms. The van der Waals surface area contributed by atoms with Gasteiger partial charge in [0.1, 0.15) is 0 Å². The minimum absolute atomic E-state index is 0.0880. The first-order valence-electron chi connectivity index (χ1n) is 6.87. The lowest BCUT2D eigenvalue weighted by molar-refractivity contribution is -0.143. The molecule has 0 radical (unpaired) electrons. The normalized spacial score (nSPS) is 8.89. The van der Waals surface area contributed by atoms with E-state index in [0.29, 0.717) is 32.2 Å². The Labute approximate surface area is 112 Å². The maximum atomic E-state index is 10.4. The van der Waals surface area contributed by atoms with Gasteiger partial charge < -0.3 is 14.9 Å². The van der Waals surface area contributed by atoms with E-state index in [1.807, 2.05) is 27.7 Å². The Hall–Kier alpha value is -0.610. The van der Waals surface area contributed by atoms with Crippen LogP contribution in [0.4, 0.5) is 0 Å². The smallest absolute Gasteiger partial charge is 0.305 e. The fourth-order valence-electron chi connectivity index (χ4n) is 0.595. The van der Waals surface area contributed by atoms with E-state index >= 15 is 0 Å². The molecular weight excluding hydrogens is 232 g/mol. The Bertz CT molecular complexity index is 137. The molecule has 0 atom stereocenters. The van der Waals surface area contributed by atoms with Gasteiger partial charge in [-0.2, -0.15) is 0 Å². The third kappa shape index (κ3) is 36.1. The van der Waals surface area contributed by atoms with Gasteiger partial charge in [-0.05, 0) is 25.7 Å². The van der Waals surface area contributed by atoms with Gasteiger partial charge in [0.15, 0.2) is 0 Å². The van der Waals surface area contributed by atoms with Crippen molar-refractivity contribution >= 4 is 5.97 Å². The maximum Gasteiger partial charge on any atom is 0.305 e. The Kier molecular flexibility index (Phi) is 27.1. The summed E-state index contributed by atoms with van der Waals surface area (Å²) in [6.45, 7) is 10.9. The maximum absolute atomic E-state index is 10.4. The summed E-state index contributed by atoms with van der Waals surface area (Å²) in [4.78, 5) is 10.4. The largest absolute Gasteiger partial charge is 0.466 e. The molecule has 0 aromatic carbocycles. The van der Waals surface area contributed by atoms with E-state index in [-0.39, 0.29) is 5.97 Å². The molecule has 2 N–H and O–H groups in total. The molecule has 112 valence electrons. The lowest BCUT2D eigenvalue weighted by atomic mass is 10.2. The number of hydrogen-bond donors (Lipinski definition) is 2. The lowest BCUT2D eigenvalue weighted by Crippen LogP contribution is -2.01. The quantitative estimate of drug-likeness (QED) is 0.724. The first-order valence-corrected chi connectivity index (χ1v) is 6.87. The topological polar surface area (TPSA) is 66.8 Å². The minimum atomic E-state index is -0.0880. The van der Waals surface area contributed by atoms with E-state index < -0.39 is 0 Å². The molecule has 0 aromatic heterocycles. The second-order valence-electron chi connectivity index (χ2n) is 4.21. The number of ether oxygens (including phenoxy) is 1. The first kappa shape index (κ1) is 22.6. The summed E-state index contributed by atoms with van der Waals surface area (Å²) >= 11 is 0. The van der Waals surface area contributed by atoms with Crippen molar-refractivity contribution < 1.29 is 19.7 Å². The summed E-state index contributed by atoms with van der Waals surface area (Å²) in [5, 5.41) is 16.2. The number of unbranched alkanes of at least 4 members (excludes halogenated alkanes) is 1. The molecule has 0 aliphatic heterocycles. The third-order valence-corrected chi connectivity index (χ3v) is 1.64. The van der Waals surface area contributed by atoms with E-state index in [4.69, 9.17) is 10.2 Å². The Morgan fingerprint density at radius 2 is 1.61 bits per heavy atom. The van der Waals surface area contributed by atoms with E-state index in [1.165, 1.54) is 0 Å². The zero-order valence-corrected chi connectivity index (χ0v) is 12.7. The summed E-state index contributed by atoms with van der Waals surface area (Å²) in [6.07, 6.45) is 3.46. The van der Waals surface area contributed by atoms with E-state index in [2.05, 4.69) is 11.7 Å².